The Kier molecular flexibility index (Phi) is 8.24. The molecular weight excluding hydrogens is 544 g/mol. The summed E-state index contributed by atoms with van der Waals surface area (Å²) in [5.74, 6) is 2.31. The summed E-state index contributed by atoms with van der Waals surface area (Å²) in [6.07, 6.45) is 4.75. The number of rotatable bonds is 8. The van der Waals surface area contributed by atoms with Crippen LogP contribution in [0.25, 0.3) is 0 Å². The number of hydrogen-bond donors (Lipinski definition) is 1. The fraction of sp³-hybridized carbons (Fsp3) is 0.387. The van der Waals surface area contributed by atoms with E-state index in [4.69, 9.17) is 14.2 Å². The maximum Gasteiger partial charge on any atom is 0.234 e. The molecule has 0 radical (unpaired) electrons. The quantitative estimate of drug-likeness (QED) is 0.365. The number of aryl methyl sites for hydroxylation is 1. The predicted octanol–water partition coefficient (Wildman–Crippen LogP) is 5.81. The number of nitrogens with one attached hydrogen (secondary N) is 1. The van der Waals surface area contributed by atoms with Gasteiger partial charge in [-0.15, -0.1) is 0 Å². The molecule has 0 fully saturated rings. The normalized spacial score (nSPS) is 18.7. The Morgan fingerprint density at radius 3 is 2.45 bits per heavy atom. The Balaban J connectivity index is 1.41. The summed E-state index contributed by atoms with van der Waals surface area (Å²) < 4.78 is 17.6. The SMILES string of the molecule is COc1ccc(CC2c3cc(OC)c(OC)cc3CCN2CC(=O)NC2CCCc3ccccc32)cc1Br. The third kappa shape index (κ3) is 5.54. The lowest BCUT2D eigenvalue weighted by molar-refractivity contribution is -0.123. The third-order valence-electron chi connectivity index (χ3n) is 7.81. The van der Waals surface area contributed by atoms with E-state index < -0.39 is 0 Å². The highest BCUT2D eigenvalue weighted by Crippen LogP contribution is 2.40. The number of halogens is 1. The largest absolute Gasteiger partial charge is 0.496 e. The number of nitrogens with zero attached hydrogens (tertiary/aromatic N) is 1. The van der Waals surface area contributed by atoms with Gasteiger partial charge in [0.2, 0.25) is 5.91 Å². The van der Waals surface area contributed by atoms with Crippen LogP contribution in [0, 0.1) is 0 Å². The van der Waals surface area contributed by atoms with Gasteiger partial charge in [-0.2, -0.15) is 0 Å². The van der Waals surface area contributed by atoms with Crippen molar-refractivity contribution in [3.8, 4) is 17.2 Å². The van der Waals surface area contributed by atoms with Gasteiger partial charge in [0.1, 0.15) is 5.75 Å². The van der Waals surface area contributed by atoms with Crippen LogP contribution in [0.3, 0.4) is 0 Å². The zero-order valence-corrected chi connectivity index (χ0v) is 23.8. The molecule has 0 saturated heterocycles. The second-order valence-electron chi connectivity index (χ2n) is 10.0. The summed E-state index contributed by atoms with van der Waals surface area (Å²) in [6.45, 7) is 1.13. The van der Waals surface area contributed by atoms with Crippen LogP contribution in [-0.4, -0.2) is 45.2 Å². The fourth-order valence-corrected chi connectivity index (χ4v) is 6.48. The van der Waals surface area contributed by atoms with Gasteiger partial charge in [-0.3, -0.25) is 9.69 Å². The lowest BCUT2D eigenvalue weighted by atomic mass is 9.87. The van der Waals surface area contributed by atoms with E-state index in [0.717, 1.165) is 60.2 Å². The Bertz CT molecular complexity index is 1310. The first kappa shape index (κ1) is 26.6. The molecule has 1 aliphatic heterocycles. The summed E-state index contributed by atoms with van der Waals surface area (Å²) in [5, 5.41) is 3.35. The molecule has 6 nitrogen and oxygen atoms in total. The molecule has 3 aromatic rings. The molecule has 0 aromatic heterocycles. The first-order chi connectivity index (χ1) is 18.5. The van der Waals surface area contributed by atoms with Gasteiger partial charge in [-0.05, 0) is 100 Å². The van der Waals surface area contributed by atoms with Crippen LogP contribution in [0.4, 0.5) is 0 Å². The number of fused-ring (bicyclic) bond motifs is 2. The highest BCUT2D eigenvalue weighted by Gasteiger charge is 2.31. The summed E-state index contributed by atoms with van der Waals surface area (Å²) in [5.41, 5.74) is 6.18. The molecule has 7 heteroatoms. The molecule has 0 saturated carbocycles. The number of hydrogen-bond acceptors (Lipinski definition) is 5. The summed E-state index contributed by atoms with van der Waals surface area (Å²) >= 11 is 3.63. The molecule has 2 unspecified atom stereocenters. The van der Waals surface area contributed by atoms with Crippen LogP contribution in [0.15, 0.2) is 59.1 Å². The topological polar surface area (TPSA) is 60.0 Å². The van der Waals surface area contributed by atoms with Crippen molar-refractivity contribution in [3.63, 3.8) is 0 Å². The minimum Gasteiger partial charge on any atom is -0.496 e. The van der Waals surface area contributed by atoms with Crippen molar-refractivity contribution >= 4 is 21.8 Å². The fourth-order valence-electron chi connectivity index (χ4n) is 5.90. The van der Waals surface area contributed by atoms with Crippen molar-refractivity contribution in [1.82, 2.24) is 10.2 Å². The summed E-state index contributed by atoms with van der Waals surface area (Å²) in [7, 11) is 5.00. The Morgan fingerprint density at radius 1 is 0.921 bits per heavy atom. The average molecular weight is 580 g/mol. The van der Waals surface area contributed by atoms with E-state index in [2.05, 4.69) is 74.7 Å². The molecule has 5 rings (SSSR count). The van der Waals surface area contributed by atoms with Crippen molar-refractivity contribution in [1.29, 1.82) is 0 Å². The highest BCUT2D eigenvalue weighted by molar-refractivity contribution is 9.10. The maximum atomic E-state index is 13.4. The number of benzene rings is 3. The zero-order valence-electron chi connectivity index (χ0n) is 22.3. The van der Waals surface area contributed by atoms with E-state index >= 15 is 0 Å². The van der Waals surface area contributed by atoms with Crippen molar-refractivity contribution in [2.45, 2.75) is 44.2 Å². The van der Waals surface area contributed by atoms with Gasteiger partial charge in [-0.1, -0.05) is 30.3 Å². The van der Waals surface area contributed by atoms with Gasteiger partial charge in [0.15, 0.2) is 11.5 Å². The van der Waals surface area contributed by atoms with Gasteiger partial charge in [-0.25, -0.2) is 0 Å². The molecule has 0 spiro atoms. The van der Waals surface area contributed by atoms with E-state index in [-0.39, 0.29) is 18.0 Å². The van der Waals surface area contributed by atoms with Crippen LogP contribution in [-0.2, 0) is 24.1 Å². The minimum absolute atomic E-state index is 0.0169. The number of methoxy groups -OCH3 is 3. The van der Waals surface area contributed by atoms with E-state index in [9.17, 15) is 4.79 Å². The molecule has 1 aliphatic carbocycles. The lowest BCUT2D eigenvalue weighted by Gasteiger charge is -2.38. The standard InChI is InChI=1S/C31H35BrN2O4/c1-36-28-12-11-20(15-25(28)32)16-27-24-18-30(38-3)29(37-2)17-22(24)13-14-34(27)19-31(35)33-26-10-6-8-21-7-4-5-9-23(21)26/h4-5,7,9,11-12,15,17-18,26-27H,6,8,10,13-14,16,19H2,1-3H3,(H,33,35). The first-order valence-electron chi connectivity index (χ1n) is 13.2. The Morgan fingerprint density at radius 2 is 1.68 bits per heavy atom. The average Bonchev–Trinajstić information content (AvgIpc) is 2.94. The van der Waals surface area contributed by atoms with Gasteiger partial charge < -0.3 is 19.5 Å². The molecule has 3 aromatic carbocycles. The van der Waals surface area contributed by atoms with Crippen LogP contribution in [0.1, 0.15) is 52.7 Å². The molecule has 200 valence electrons. The molecule has 2 atom stereocenters. The van der Waals surface area contributed by atoms with Crippen molar-refractivity contribution < 1.29 is 19.0 Å². The van der Waals surface area contributed by atoms with E-state index in [1.165, 1.54) is 22.3 Å². The zero-order chi connectivity index (χ0) is 26.6. The minimum atomic E-state index is 0.0169. The lowest BCUT2D eigenvalue weighted by Crippen LogP contribution is -2.44. The third-order valence-corrected chi connectivity index (χ3v) is 8.43. The van der Waals surface area contributed by atoms with E-state index in [0.29, 0.717) is 12.3 Å². The van der Waals surface area contributed by atoms with Crippen LogP contribution in [0.5, 0.6) is 17.2 Å². The van der Waals surface area contributed by atoms with E-state index in [1.807, 2.05) is 6.07 Å². The number of amides is 1. The number of carbonyl (C=O) groups is 1. The first-order valence-corrected chi connectivity index (χ1v) is 14.0. The molecular formula is C31H35BrN2O4. The van der Waals surface area contributed by atoms with Crippen molar-refractivity contribution in [3.05, 3.63) is 86.9 Å². The van der Waals surface area contributed by atoms with Gasteiger partial charge >= 0.3 is 0 Å². The van der Waals surface area contributed by atoms with Crippen LogP contribution in [0.2, 0.25) is 0 Å². The monoisotopic (exact) mass is 578 g/mol. The van der Waals surface area contributed by atoms with Gasteiger partial charge in [0.25, 0.3) is 0 Å². The number of ether oxygens (including phenoxy) is 3. The molecule has 38 heavy (non-hydrogen) atoms. The second-order valence-corrected chi connectivity index (χ2v) is 10.9. The van der Waals surface area contributed by atoms with Gasteiger partial charge in [0, 0.05) is 12.6 Å². The second kappa shape index (κ2) is 11.8. The van der Waals surface area contributed by atoms with Crippen LogP contribution < -0.4 is 19.5 Å². The molecule has 1 N–H and O–H groups in total. The molecule has 1 heterocycles. The predicted molar refractivity (Wildman–Crippen MR) is 152 cm³/mol. The van der Waals surface area contributed by atoms with Crippen molar-refractivity contribution in [2.75, 3.05) is 34.4 Å². The van der Waals surface area contributed by atoms with Crippen LogP contribution >= 0.6 is 15.9 Å². The van der Waals surface area contributed by atoms with Gasteiger partial charge in [0.05, 0.1) is 38.4 Å². The van der Waals surface area contributed by atoms with Crippen molar-refractivity contribution in [2.24, 2.45) is 0 Å². The summed E-state index contributed by atoms with van der Waals surface area (Å²) in [4.78, 5) is 15.7. The highest BCUT2D eigenvalue weighted by atomic mass is 79.9. The van der Waals surface area contributed by atoms with E-state index in [1.54, 1.807) is 21.3 Å². The summed E-state index contributed by atoms with van der Waals surface area (Å²) in [6, 6.07) is 18.9. The molecule has 2 aliphatic rings. The number of carbonyl (C=O) groups excluding carboxylic acids is 1. The maximum absolute atomic E-state index is 13.4. The Labute approximate surface area is 233 Å². The smallest absolute Gasteiger partial charge is 0.234 e. The molecule has 0 bridgehead atoms. The Hall–Kier alpha value is -3.03. The molecule has 1 amide bonds.